The SMILES string of the molecule is CC1CC(CNCC(F)(F)C(=O)O)C1. The lowest BCUT2D eigenvalue weighted by molar-refractivity contribution is -0.164. The fourth-order valence-electron chi connectivity index (χ4n) is 1.74. The van der Waals surface area contributed by atoms with Crippen LogP contribution in [0.5, 0.6) is 0 Å². The molecule has 0 aromatic rings. The van der Waals surface area contributed by atoms with Crippen LogP contribution in [0.3, 0.4) is 0 Å². The molecule has 0 atom stereocenters. The lowest BCUT2D eigenvalue weighted by Crippen LogP contribution is -2.42. The summed E-state index contributed by atoms with van der Waals surface area (Å²) in [7, 11) is 0. The Labute approximate surface area is 81.5 Å². The number of carboxylic acids is 1. The van der Waals surface area contributed by atoms with Crippen molar-refractivity contribution in [1.29, 1.82) is 0 Å². The van der Waals surface area contributed by atoms with Crippen molar-refractivity contribution in [3.8, 4) is 0 Å². The number of aliphatic carboxylic acids is 1. The van der Waals surface area contributed by atoms with Crippen LogP contribution in [0, 0.1) is 11.8 Å². The second-order valence-electron chi connectivity index (χ2n) is 4.08. The molecule has 0 unspecified atom stereocenters. The number of rotatable bonds is 5. The number of halogens is 2. The molecule has 14 heavy (non-hydrogen) atoms. The summed E-state index contributed by atoms with van der Waals surface area (Å²) in [6.07, 6.45) is 2.09. The average Bonchev–Trinajstić information content (AvgIpc) is 2.00. The van der Waals surface area contributed by atoms with E-state index in [1.807, 2.05) is 0 Å². The minimum Gasteiger partial charge on any atom is -0.477 e. The summed E-state index contributed by atoms with van der Waals surface area (Å²) in [6.45, 7) is 1.84. The number of hydrogen-bond donors (Lipinski definition) is 2. The van der Waals surface area contributed by atoms with E-state index in [1.165, 1.54) is 0 Å². The predicted octanol–water partition coefficient (Wildman–Crippen LogP) is 1.34. The molecule has 1 rings (SSSR count). The molecule has 0 heterocycles. The second kappa shape index (κ2) is 4.21. The van der Waals surface area contributed by atoms with E-state index in [4.69, 9.17) is 5.11 Å². The molecule has 2 N–H and O–H groups in total. The third-order valence-electron chi connectivity index (χ3n) is 2.56. The molecule has 1 saturated carbocycles. The maximum absolute atomic E-state index is 12.5. The Morgan fingerprint density at radius 2 is 2.14 bits per heavy atom. The van der Waals surface area contributed by atoms with Gasteiger partial charge in [-0.25, -0.2) is 4.79 Å². The van der Waals surface area contributed by atoms with Gasteiger partial charge >= 0.3 is 11.9 Å². The lowest BCUT2D eigenvalue weighted by atomic mass is 9.76. The number of carboxylic acid groups (broad SMARTS) is 1. The topological polar surface area (TPSA) is 49.3 Å². The van der Waals surface area contributed by atoms with E-state index in [0.29, 0.717) is 18.4 Å². The zero-order valence-corrected chi connectivity index (χ0v) is 8.09. The van der Waals surface area contributed by atoms with Crippen LogP contribution >= 0.6 is 0 Å². The predicted molar refractivity (Wildman–Crippen MR) is 47.3 cm³/mol. The Balaban J connectivity index is 2.12. The van der Waals surface area contributed by atoms with E-state index in [2.05, 4.69) is 12.2 Å². The number of alkyl halides is 2. The van der Waals surface area contributed by atoms with Gasteiger partial charge < -0.3 is 10.4 Å². The minimum atomic E-state index is -3.64. The van der Waals surface area contributed by atoms with Gasteiger partial charge in [-0.1, -0.05) is 6.92 Å². The molecule has 1 aliphatic rings. The van der Waals surface area contributed by atoms with Gasteiger partial charge in [0.2, 0.25) is 0 Å². The molecule has 1 fully saturated rings. The van der Waals surface area contributed by atoms with Crippen LogP contribution in [0.4, 0.5) is 8.78 Å². The first-order valence-corrected chi connectivity index (χ1v) is 4.73. The largest absolute Gasteiger partial charge is 0.477 e. The summed E-state index contributed by atoms with van der Waals surface area (Å²) in [5.41, 5.74) is 0. The van der Waals surface area contributed by atoms with Crippen molar-refractivity contribution < 1.29 is 18.7 Å². The van der Waals surface area contributed by atoms with Crippen molar-refractivity contribution in [2.75, 3.05) is 13.1 Å². The Morgan fingerprint density at radius 1 is 1.57 bits per heavy atom. The monoisotopic (exact) mass is 207 g/mol. The van der Waals surface area contributed by atoms with Gasteiger partial charge in [-0.15, -0.1) is 0 Å². The fourth-order valence-corrected chi connectivity index (χ4v) is 1.74. The number of nitrogens with one attached hydrogen (secondary N) is 1. The average molecular weight is 207 g/mol. The van der Waals surface area contributed by atoms with Gasteiger partial charge in [0.15, 0.2) is 0 Å². The Morgan fingerprint density at radius 3 is 2.57 bits per heavy atom. The molecule has 0 radical (unpaired) electrons. The highest BCUT2D eigenvalue weighted by Gasteiger charge is 2.38. The van der Waals surface area contributed by atoms with Gasteiger partial charge in [-0.2, -0.15) is 8.78 Å². The highest BCUT2D eigenvalue weighted by atomic mass is 19.3. The first kappa shape index (κ1) is 11.4. The zero-order valence-electron chi connectivity index (χ0n) is 8.09. The first-order chi connectivity index (χ1) is 6.42. The van der Waals surface area contributed by atoms with Gasteiger partial charge in [-0.3, -0.25) is 0 Å². The Kier molecular flexibility index (Phi) is 3.42. The van der Waals surface area contributed by atoms with Gasteiger partial charge in [0, 0.05) is 0 Å². The molecule has 0 aromatic carbocycles. The van der Waals surface area contributed by atoms with Crippen molar-refractivity contribution in [1.82, 2.24) is 5.32 Å². The van der Waals surface area contributed by atoms with Crippen LogP contribution in [0.15, 0.2) is 0 Å². The van der Waals surface area contributed by atoms with Crippen molar-refractivity contribution >= 4 is 5.97 Å². The molecule has 0 amide bonds. The summed E-state index contributed by atoms with van der Waals surface area (Å²) in [6, 6.07) is 0. The van der Waals surface area contributed by atoms with Gasteiger partial charge in [0.1, 0.15) is 0 Å². The van der Waals surface area contributed by atoms with Gasteiger partial charge in [0.05, 0.1) is 6.54 Å². The summed E-state index contributed by atoms with van der Waals surface area (Å²) in [5, 5.41) is 10.6. The quantitative estimate of drug-likeness (QED) is 0.715. The van der Waals surface area contributed by atoms with Crippen molar-refractivity contribution in [2.45, 2.75) is 25.7 Å². The number of hydrogen-bond acceptors (Lipinski definition) is 2. The zero-order chi connectivity index (χ0) is 10.8. The number of carbonyl (C=O) groups is 1. The molecular formula is C9H15F2NO2. The third-order valence-corrected chi connectivity index (χ3v) is 2.56. The van der Waals surface area contributed by atoms with E-state index in [-0.39, 0.29) is 0 Å². The summed E-state index contributed by atoms with van der Waals surface area (Å²) in [4.78, 5) is 10.0. The highest BCUT2D eigenvalue weighted by Crippen LogP contribution is 2.32. The maximum atomic E-state index is 12.5. The van der Waals surface area contributed by atoms with E-state index in [9.17, 15) is 13.6 Å². The molecule has 0 saturated heterocycles. The van der Waals surface area contributed by atoms with Crippen LogP contribution in [-0.2, 0) is 4.79 Å². The molecule has 3 nitrogen and oxygen atoms in total. The van der Waals surface area contributed by atoms with E-state index >= 15 is 0 Å². The lowest BCUT2D eigenvalue weighted by Gasteiger charge is -2.33. The smallest absolute Gasteiger partial charge is 0.375 e. The first-order valence-electron chi connectivity index (χ1n) is 4.73. The van der Waals surface area contributed by atoms with Crippen LogP contribution in [0.2, 0.25) is 0 Å². The summed E-state index contributed by atoms with van der Waals surface area (Å²) >= 11 is 0. The van der Waals surface area contributed by atoms with Crippen LogP contribution in [0.1, 0.15) is 19.8 Å². The van der Waals surface area contributed by atoms with E-state index in [1.54, 1.807) is 0 Å². The molecule has 0 bridgehead atoms. The molecule has 5 heteroatoms. The molecule has 0 aliphatic heterocycles. The molecule has 82 valence electrons. The van der Waals surface area contributed by atoms with Gasteiger partial charge in [-0.05, 0) is 31.2 Å². The van der Waals surface area contributed by atoms with Crippen LogP contribution in [0.25, 0.3) is 0 Å². The standard InChI is InChI=1S/C9H15F2NO2/c1-6-2-7(3-6)4-12-5-9(10,11)8(13)14/h6-7,12H,2-5H2,1H3,(H,13,14). The minimum absolute atomic E-state index is 0.439. The fraction of sp³-hybridized carbons (Fsp3) is 0.889. The Hall–Kier alpha value is -0.710. The van der Waals surface area contributed by atoms with Crippen LogP contribution < -0.4 is 5.32 Å². The van der Waals surface area contributed by atoms with E-state index < -0.39 is 18.4 Å². The maximum Gasteiger partial charge on any atom is 0.375 e. The Bertz CT molecular complexity index is 215. The molecule has 0 spiro atoms. The van der Waals surface area contributed by atoms with Crippen molar-refractivity contribution in [3.63, 3.8) is 0 Å². The highest BCUT2D eigenvalue weighted by molar-refractivity contribution is 5.75. The van der Waals surface area contributed by atoms with E-state index in [0.717, 1.165) is 12.8 Å². The molecule has 0 aromatic heterocycles. The molecule has 1 aliphatic carbocycles. The summed E-state index contributed by atoms with van der Waals surface area (Å²) in [5.74, 6) is -4.58. The molecular weight excluding hydrogens is 192 g/mol. The van der Waals surface area contributed by atoms with Crippen LogP contribution in [-0.4, -0.2) is 30.1 Å². The summed E-state index contributed by atoms with van der Waals surface area (Å²) < 4.78 is 25.1. The normalized spacial score (nSPS) is 27.1. The van der Waals surface area contributed by atoms with Crippen molar-refractivity contribution in [3.05, 3.63) is 0 Å². The second-order valence-corrected chi connectivity index (χ2v) is 4.08. The van der Waals surface area contributed by atoms with Gasteiger partial charge in [0.25, 0.3) is 0 Å². The third kappa shape index (κ3) is 2.90. The van der Waals surface area contributed by atoms with Crippen molar-refractivity contribution in [2.24, 2.45) is 11.8 Å².